The van der Waals surface area contributed by atoms with E-state index < -0.39 is 0 Å². The van der Waals surface area contributed by atoms with Gasteiger partial charge in [-0.15, -0.1) is 0 Å². The first-order valence-corrected chi connectivity index (χ1v) is 11.1. The van der Waals surface area contributed by atoms with Crippen molar-refractivity contribution in [2.45, 2.75) is 58.1 Å². The lowest BCUT2D eigenvalue weighted by Gasteiger charge is -2.32. The predicted octanol–water partition coefficient (Wildman–Crippen LogP) is 2.72. The molecule has 3 aliphatic heterocycles. The minimum absolute atomic E-state index is 0.168. The van der Waals surface area contributed by atoms with E-state index in [4.69, 9.17) is 9.82 Å². The number of hydroxylamine groups is 1. The topological polar surface area (TPSA) is 59.4 Å². The molecular weight excluding hydrogens is 383 g/mol. The van der Waals surface area contributed by atoms with Crippen LogP contribution in [0.3, 0.4) is 0 Å². The number of likely N-dealkylation sites (tertiary alicyclic amines) is 1. The molecule has 1 aromatic heterocycles. The monoisotopic (exact) mass is 412 g/mol. The number of allylic oxidation sites excluding steroid dienone is 3. The Labute approximate surface area is 176 Å². The van der Waals surface area contributed by atoms with E-state index in [9.17, 15) is 9.18 Å². The highest BCUT2D eigenvalue weighted by Crippen LogP contribution is 2.34. The first kappa shape index (κ1) is 19.7. The van der Waals surface area contributed by atoms with Crippen LogP contribution in [-0.2, 0) is 24.2 Å². The van der Waals surface area contributed by atoms with Gasteiger partial charge in [0.2, 0.25) is 0 Å². The van der Waals surface area contributed by atoms with Crippen molar-refractivity contribution in [1.82, 2.24) is 19.9 Å². The molecule has 1 aromatic rings. The van der Waals surface area contributed by atoms with Crippen molar-refractivity contribution in [3.05, 3.63) is 62.8 Å². The first-order valence-electron chi connectivity index (χ1n) is 11.1. The van der Waals surface area contributed by atoms with Crippen molar-refractivity contribution in [3.8, 4) is 0 Å². The van der Waals surface area contributed by atoms with Crippen molar-refractivity contribution in [3.63, 3.8) is 0 Å². The lowest BCUT2D eigenvalue weighted by Crippen LogP contribution is -2.38. The second kappa shape index (κ2) is 8.12. The van der Waals surface area contributed by atoms with Gasteiger partial charge in [0, 0.05) is 48.0 Å². The van der Waals surface area contributed by atoms with Gasteiger partial charge in [-0.2, -0.15) is 0 Å². The molecule has 30 heavy (non-hydrogen) atoms. The van der Waals surface area contributed by atoms with Gasteiger partial charge in [0.05, 0.1) is 0 Å². The number of nitrogens with zero attached hydrogens (tertiary/aromatic N) is 3. The minimum Gasteiger partial charge on any atom is -0.303 e. The third kappa shape index (κ3) is 3.65. The Morgan fingerprint density at radius 2 is 2.07 bits per heavy atom. The Bertz CT molecular complexity index is 986. The van der Waals surface area contributed by atoms with Crippen molar-refractivity contribution < 1.29 is 9.23 Å². The number of nitrogens with one attached hydrogen (secondary N) is 1. The number of aryl methyl sites for hydroxylation is 2. The van der Waals surface area contributed by atoms with E-state index in [1.54, 1.807) is 0 Å². The fraction of sp³-hybridized carbons (Fsp3) is 0.565. The van der Waals surface area contributed by atoms with Gasteiger partial charge in [0.1, 0.15) is 17.8 Å². The van der Waals surface area contributed by atoms with Gasteiger partial charge in [0.25, 0.3) is 5.56 Å². The molecule has 1 aliphatic carbocycles. The standard InChI is InChI=1S/C23H29FN4O2/c1-15-18(23(29)28-10-3-2-4-21(28)25-15)9-13-27-11-7-16(8-12-27)22-19-6-5-17(24)14-20(19)30-26-22/h5-6,14,16,20,26H,2-4,7-13H2,1H3. The number of piperidine rings is 1. The summed E-state index contributed by atoms with van der Waals surface area (Å²) in [6.07, 6.45) is 10.5. The third-order valence-electron chi connectivity index (χ3n) is 6.90. The van der Waals surface area contributed by atoms with Crippen molar-refractivity contribution in [2.24, 2.45) is 5.92 Å². The van der Waals surface area contributed by atoms with E-state index in [0.717, 1.165) is 93.1 Å². The maximum Gasteiger partial charge on any atom is 0.256 e. The van der Waals surface area contributed by atoms with E-state index in [1.165, 1.54) is 12.2 Å². The van der Waals surface area contributed by atoms with Crippen LogP contribution in [-0.4, -0.2) is 40.2 Å². The number of rotatable bonds is 4. The molecule has 1 unspecified atom stereocenters. The molecule has 0 amide bonds. The molecule has 1 N–H and O–H groups in total. The second-order valence-corrected chi connectivity index (χ2v) is 8.77. The SMILES string of the molecule is Cc1nc2n(c(=O)c1CCN1CCC(C3=C4C=CC(F)=CC4ON3)CC1)CCCC2. The van der Waals surface area contributed by atoms with Crippen LogP contribution in [0.2, 0.25) is 0 Å². The Balaban J connectivity index is 1.20. The van der Waals surface area contributed by atoms with Crippen LogP contribution in [0.5, 0.6) is 0 Å². The first-order chi connectivity index (χ1) is 14.6. The van der Waals surface area contributed by atoms with Gasteiger partial charge in [-0.1, -0.05) is 6.08 Å². The molecule has 0 radical (unpaired) electrons. The predicted molar refractivity (Wildman–Crippen MR) is 112 cm³/mol. The van der Waals surface area contributed by atoms with Gasteiger partial charge in [-0.05, 0) is 64.3 Å². The Kier molecular flexibility index (Phi) is 5.33. The number of hydrogen-bond acceptors (Lipinski definition) is 5. The average molecular weight is 413 g/mol. The van der Waals surface area contributed by atoms with Crippen molar-refractivity contribution in [2.75, 3.05) is 19.6 Å². The molecule has 0 aromatic carbocycles. The number of halogens is 1. The molecule has 4 aliphatic rings. The minimum atomic E-state index is -0.310. The van der Waals surface area contributed by atoms with Crippen LogP contribution in [0.4, 0.5) is 4.39 Å². The second-order valence-electron chi connectivity index (χ2n) is 8.77. The zero-order valence-electron chi connectivity index (χ0n) is 17.5. The summed E-state index contributed by atoms with van der Waals surface area (Å²) < 4.78 is 15.3. The summed E-state index contributed by atoms with van der Waals surface area (Å²) in [5.41, 5.74) is 7.16. The van der Waals surface area contributed by atoms with E-state index in [1.807, 2.05) is 17.6 Å². The van der Waals surface area contributed by atoms with E-state index in [0.29, 0.717) is 5.92 Å². The lowest BCUT2D eigenvalue weighted by molar-refractivity contribution is 0.0562. The smallest absolute Gasteiger partial charge is 0.256 e. The number of aromatic nitrogens is 2. The van der Waals surface area contributed by atoms with Crippen LogP contribution in [0.1, 0.15) is 42.8 Å². The Morgan fingerprint density at radius 1 is 1.23 bits per heavy atom. The van der Waals surface area contributed by atoms with Crippen LogP contribution in [0.25, 0.3) is 0 Å². The van der Waals surface area contributed by atoms with Gasteiger partial charge in [-0.3, -0.25) is 19.7 Å². The van der Waals surface area contributed by atoms with E-state index >= 15 is 0 Å². The fourth-order valence-electron chi connectivity index (χ4n) is 5.13. The highest BCUT2D eigenvalue weighted by atomic mass is 19.1. The zero-order chi connectivity index (χ0) is 20.7. The summed E-state index contributed by atoms with van der Waals surface area (Å²) in [4.78, 5) is 25.6. The molecular formula is C23H29FN4O2. The number of hydrogen-bond donors (Lipinski definition) is 1. The summed E-state index contributed by atoms with van der Waals surface area (Å²) in [7, 11) is 0. The van der Waals surface area contributed by atoms with Gasteiger partial charge in [-0.25, -0.2) is 9.37 Å². The molecule has 1 saturated heterocycles. The highest BCUT2D eigenvalue weighted by molar-refractivity contribution is 5.42. The Morgan fingerprint density at radius 3 is 2.90 bits per heavy atom. The van der Waals surface area contributed by atoms with Crippen molar-refractivity contribution in [1.29, 1.82) is 0 Å². The third-order valence-corrected chi connectivity index (χ3v) is 6.90. The molecule has 0 bridgehead atoms. The van der Waals surface area contributed by atoms with Crippen LogP contribution in [0.15, 0.2) is 40.1 Å². The molecule has 0 spiro atoms. The molecule has 1 fully saturated rings. The molecule has 1 atom stereocenters. The van der Waals surface area contributed by atoms with Crippen molar-refractivity contribution >= 4 is 0 Å². The molecule has 4 heterocycles. The largest absolute Gasteiger partial charge is 0.303 e. The summed E-state index contributed by atoms with van der Waals surface area (Å²) >= 11 is 0. The summed E-state index contributed by atoms with van der Waals surface area (Å²) in [6.45, 7) is 5.64. The highest BCUT2D eigenvalue weighted by Gasteiger charge is 2.32. The molecule has 160 valence electrons. The molecule has 7 heteroatoms. The van der Waals surface area contributed by atoms with Gasteiger partial charge >= 0.3 is 0 Å². The average Bonchev–Trinajstić information content (AvgIpc) is 3.17. The lowest BCUT2D eigenvalue weighted by atomic mass is 9.89. The van der Waals surface area contributed by atoms with E-state index in [2.05, 4.69) is 10.4 Å². The molecule has 5 rings (SSSR count). The maximum atomic E-state index is 13.4. The maximum absolute atomic E-state index is 13.4. The van der Waals surface area contributed by atoms with Crippen LogP contribution in [0, 0.1) is 12.8 Å². The van der Waals surface area contributed by atoms with E-state index in [-0.39, 0.29) is 17.5 Å². The quantitative estimate of drug-likeness (QED) is 0.824. The Hall–Kier alpha value is -2.25. The number of fused-ring (bicyclic) bond motifs is 2. The summed E-state index contributed by atoms with van der Waals surface area (Å²) in [5.74, 6) is 1.11. The molecule has 6 nitrogen and oxygen atoms in total. The van der Waals surface area contributed by atoms with Crippen LogP contribution >= 0.6 is 0 Å². The zero-order valence-corrected chi connectivity index (χ0v) is 17.5. The van der Waals surface area contributed by atoms with Gasteiger partial charge in [0.15, 0.2) is 0 Å². The fourth-order valence-corrected chi connectivity index (χ4v) is 5.13. The van der Waals surface area contributed by atoms with Crippen LogP contribution < -0.4 is 11.0 Å². The summed E-state index contributed by atoms with van der Waals surface area (Å²) in [5, 5.41) is 0. The van der Waals surface area contributed by atoms with Gasteiger partial charge < -0.3 is 4.90 Å². The normalized spacial score (nSPS) is 24.5. The molecule has 0 saturated carbocycles. The summed E-state index contributed by atoms with van der Waals surface area (Å²) in [6, 6.07) is 0.